The van der Waals surface area contributed by atoms with Crippen molar-refractivity contribution in [3.63, 3.8) is 0 Å². The van der Waals surface area contributed by atoms with Crippen LogP contribution in [-0.2, 0) is 19.3 Å². The average Bonchev–Trinajstić information content (AvgIpc) is 3.43. The molecule has 2 unspecified atom stereocenters. The summed E-state index contributed by atoms with van der Waals surface area (Å²) >= 11 is 1.88. The van der Waals surface area contributed by atoms with Crippen molar-refractivity contribution in [3.8, 4) is 5.75 Å². The van der Waals surface area contributed by atoms with Crippen LogP contribution in [-0.4, -0.2) is 27.7 Å². The fraction of sp³-hybridized carbons (Fsp3) is 0.571. The summed E-state index contributed by atoms with van der Waals surface area (Å²) in [6, 6.07) is 14.4. The van der Waals surface area contributed by atoms with Gasteiger partial charge in [0.2, 0.25) is 0 Å². The number of thioether (sulfide) groups is 1. The first-order chi connectivity index (χ1) is 15.6. The van der Waals surface area contributed by atoms with Gasteiger partial charge in [-0.2, -0.15) is 0 Å². The van der Waals surface area contributed by atoms with Crippen LogP contribution in [0, 0.1) is 0 Å². The number of aryl methyl sites for hydroxylation is 3. The van der Waals surface area contributed by atoms with E-state index in [0.717, 1.165) is 57.1 Å². The molecule has 1 N–H and O–H groups in total. The third-order valence-electron chi connectivity index (χ3n) is 7.63. The number of likely N-dealkylation sites (tertiary alicyclic amines) is 1. The van der Waals surface area contributed by atoms with E-state index in [-0.39, 0.29) is 11.7 Å². The van der Waals surface area contributed by atoms with E-state index in [4.69, 9.17) is 4.74 Å². The van der Waals surface area contributed by atoms with Gasteiger partial charge in [0.15, 0.2) is 4.93 Å². The predicted octanol–water partition coefficient (Wildman–Crippen LogP) is 6.90. The van der Waals surface area contributed by atoms with E-state index in [9.17, 15) is 5.11 Å². The minimum atomic E-state index is -0.111. The second-order valence-electron chi connectivity index (χ2n) is 9.28. The summed E-state index contributed by atoms with van der Waals surface area (Å²) in [5.41, 5.74) is 5.71. The molecule has 4 heteroatoms. The largest absolute Gasteiger partial charge is 0.475 e. The highest BCUT2D eigenvalue weighted by Crippen LogP contribution is 2.52. The van der Waals surface area contributed by atoms with Crippen LogP contribution in [0.2, 0.25) is 0 Å². The first-order valence-electron chi connectivity index (χ1n) is 12.6. The molecular formula is C28H39NO2S. The second-order valence-corrected chi connectivity index (χ2v) is 10.7. The van der Waals surface area contributed by atoms with Gasteiger partial charge in [0.05, 0.1) is 11.6 Å². The summed E-state index contributed by atoms with van der Waals surface area (Å²) in [5.74, 6) is 1.02. The average molecular weight is 454 g/mol. The fourth-order valence-corrected chi connectivity index (χ4v) is 6.74. The minimum Gasteiger partial charge on any atom is -0.475 e. The van der Waals surface area contributed by atoms with Gasteiger partial charge in [0.25, 0.3) is 0 Å². The van der Waals surface area contributed by atoms with Gasteiger partial charge in [0.1, 0.15) is 5.75 Å². The molecule has 2 aromatic rings. The van der Waals surface area contributed by atoms with Gasteiger partial charge >= 0.3 is 0 Å². The highest BCUT2D eigenvalue weighted by Gasteiger charge is 2.39. The summed E-state index contributed by atoms with van der Waals surface area (Å²) < 4.78 is 6.31. The Morgan fingerprint density at radius 3 is 2.47 bits per heavy atom. The molecule has 0 bridgehead atoms. The van der Waals surface area contributed by atoms with Gasteiger partial charge in [-0.15, -0.1) is 0 Å². The summed E-state index contributed by atoms with van der Waals surface area (Å²) in [7, 11) is 0. The number of aliphatic hydroxyl groups is 1. The van der Waals surface area contributed by atoms with Crippen molar-refractivity contribution in [1.82, 2.24) is 4.90 Å². The first-order valence-corrected chi connectivity index (χ1v) is 13.4. The highest BCUT2D eigenvalue weighted by molar-refractivity contribution is 8.00. The Morgan fingerprint density at radius 2 is 1.78 bits per heavy atom. The molecule has 2 atom stereocenters. The smallest absolute Gasteiger partial charge is 0.158 e. The topological polar surface area (TPSA) is 32.7 Å². The molecule has 4 rings (SSSR count). The summed E-state index contributed by atoms with van der Waals surface area (Å²) in [4.78, 5) is 3.46. The molecule has 0 aliphatic carbocycles. The van der Waals surface area contributed by atoms with Gasteiger partial charge in [0, 0.05) is 12.1 Å². The molecule has 0 amide bonds. The number of fused-ring (bicyclic) bond motifs is 1. The van der Waals surface area contributed by atoms with Gasteiger partial charge < -0.3 is 9.84 Å². The van der Waals surface area contributed by atoms with Crippen molar-refractivity contribution in [2.45, 2.75) is 101 Å². The summed E-state index contributed by atoms with van der Waals surface area (Å²) in [6.07, 6.45) is 8.65. The normalized spacial score (nSPS) is 22.2. The lowest BCUT2D eigenvalue weighted by Crippen LogP contribution is -2.32. The Kier molecular flexibility index (Phi) is 7.54. The summed E-state index contributed by atoms with van der Waals surface area (Å²) in [6.45, 7) is 9.02. The van der Waals surface area contributed by atoms with Crippen molar-refractivity contribution in [3.05, 3.63) is 58.7 Å². The molecule has 2 aliphatic rings. The Bertz CT molecular complexity index is 924. The lowest BCUT2D eigenvalue weighted by Gasteiger charge is -2.28. The van der Waals surface area contributed by atoms with Gasteiger partial charge in [-0.1, -0.05) is 63.7 Å². The zero-order valence-electron chi connectivity index (χ0n) is 20.2. The molecule has 0 spiro atoms. The van der Waals surface area contributed by atoms with Gasteiger partial charge in [-0.25, -0.2) is 0 Å². The Hall–Kier alpha value is -1.49. The van der Waals surface area contributed by atoms with Crippen LogP contribution in [0.1, 0.15) is 88.1 Å². The third kappa shape index (κ3) is 4.60. The van der Waals surface area contributed by atoms with Crippen LogP contribution < -0.4 is 4.74 Å². The van der Waals surface area contributed by atoms with E-state index in [1.165, 1.54) is 27.1 Å². The fourth-order valence-electron chi connectivity index (χ4n) is 5.52. The van der Waals surface area contributed by atoms with Crippen LogP contribution in [0.4, 0.5) is 0 Å². The van der Waals surface area contributed by atoms with E-state index in [1.807, 2.05) is 11.8 Å². The van der Waals surface area contributed by atoms with Crippen LogP contribution in [0.15, 0.2) is 41.3 Å². The zero-order valence-corrected chi connectivity index (χ0v) is 21.0. The van der Waals surface area contributed by atoms with Crippen LogP contribution in [0.5, 0.6) is 5.75 Å². The molecule has 0 radical (unpaired) electrons. The quantitative estimate of drug-likeness (QED) is 0.447. The van der Waals surface area contributed by atoms with E-state index in [2.05, 4.69) is 69.0 Å². The number of rotatable bonds is 9. The van der Waals surface area contributed by atoms with Gasteiger partial charge in [-0.3, -0.25) is 4.90 Å². The van der Waals surface area contributed by atoms with E-state index in [0.29, 0.717) is 12.1 Å². The van der Waals surface area contributed by atoms with Crippen molar-refractivity contribution in [2.24, 2.45) is 0 Å². The number of benzene rings is 2. The Morgan fingerprint density at radius 1 is 1.00 bits per heavy atom. The lowest BCUT2D eigenvalue weighted by molar-refractivity contribution is 0.0596. The highest BCUT2D eigenvalue weighted by atomic mass is 32.2. The van der Waals surface area contributed by atoms with E-state index < -0.39 is 0 Å². The zero-order chi connectivity index (χ0) is 22.7. The number of nitrogens with zero attached hydrogens (tertiary/aromatic N) is 1. The van der Waals surface area contributed by atoms with Crippen molar-refractivity contribution in [2.75, 3.05) is 6.73 Å². The van der Waals surface area contributed by atoms with Crippen LogP contribution in [0.25, 0.3) is 0 Å². The molecule has 0 aromatic heterocycles. The Labute approximate surface area is 198 Å². The molecular weight excluding hydrogens is 414 g/mol. The van der Waals surface area contributed by atoms with Gasteiger partial charge in [-0.05, 0) is 85.8 Å². The van der Waals surface area contributed by atoms with Crippen LogP contribution >= 0.6 is 11.8 Å². The van der Waals surface area contributed by atoms with Crippen molar-refractivity contribution >= 4 is 11.8 Å². The van der Waals surface area contributed by atoms with E-state index in [1.54, 1.807) is 0 Å². The molecule has 2 aromatic carbocycles. The molecule has 2 heterocycles. The Balaban J connectivity index is 1.44. The van der Waals surface area contributed by atoms with E-state index >= 15 is 0 Å². The number of aliphatic hydroxyl groups excluding tert-OH is 1. The standard InChI is InChI=1S/C28H39NO2S/c1-5-21-11-9-20(17-22(21)6-2)10-13-24-14-15-25(29(24)19-30)23-12-16-26-27(18-23)32-28(7-3,8-4)31-26/h9,11-12,16-18,24-25,30H,5-8,10,13-15,19H2,1-4H3. The van der Waals surface area contributed by atoms with Crippen molar-refractivity contribution in [1.29, 1.82) is 0 Å². The number of hydrogen-bond donors (Lipinski definition) is 1. The maximum atomic E-state index is 10.3. The van der Waals surface area contributed by atoms with Crippen molar-refractivity contribution < 1.29 is 9.84 Å². The van der Waals surface area contributed by atoms with Crippen LogP contribution in [0.3, 0.4) is 0 Å². The minimum absolute atomic E-state index is 0.111. The second kappa shape index (κ2) is 10.2. The molecule has 1 saturated heterocycles. The summed E-state index contributed by atoms with van der Waals surface area (Å²) in [5, 5.41) is 10.3. The third-order valence-corrected chi connectivity index (χ3v) is 9.20. The maximum absolute atomic E-state index is 10.3. The number of hydrogen-bond acceptors (Lipinski definition) is 4. The SMILES string of the molecule is CCc1ccc(CCC2CCC(c3ccc4c(c3)SC(CC)(CC)O4)N2CO)cc1CC. The molecule has 3 nitrogen and oxygen atoms in total. The first kappa shape index (κ1) is 23.7. The molecule has 0 saturated carbocycles. The molecule has 32 heavy (non-hydrogen) atoms. The molecule has 174 valence electrons. The predicted molar refractivity (Wildman–Crippen MR) is 134 cm³/mol. The number of ether oxygens (including phenoxy) is 1. The lowest BCUT2D eigenvalue weighted by atomic mass is 9.96. The molecule has 2 aliphatic heterocycles. The monoisotopic (exact) mass is 453 g/mol. The molecule has 1 fully saturated rings. The maximum Gasteiger partial charge on any atom is 0.158 e.